The molecule has 1 N–H and O–H groups in total. The first-order chi connectivity index (χ1) is 10.2. The number of hydrogen-bond donors (Lipinski definition) is 1. The first kappa shape index (κ1) is 14.2. The highest BCUT2D eigenvalue weighted by molar-refractivity contribution is 7.07. The van der Waals surface area contributed by atoms with Crippen molar-refractivity contribution in [2.24, 2.45) is 0 Å². The number of hydrogen-bond acceptors (Lipinski definition) is 5. The average Bonchev–Trinajstić information content (AvgIpc) is 3.14. The summed E-state index contributed by atoms with van der Waals surface area (Å²) < 4.78 is 1.92. The van der Waals surface area contributed by atoms with E-state index < -0.39 is 0 Å². The Bertz CT molecular complexity index is 594. The van der Waals surface area contributed by atoms with Gasteiger partial charge in [0.05, 0.1) is 13.1 Å². The highest BCUT2D eigenvalue weighted by Gasteiger charge is 2.20. The van der Waals surface area contributed by atoms with E-state index in [4.69, 9.17) is 0 Å². The van der Waals surface area contributed by atoms with Crippen LogP contribution in [0.3, 0.4) is 0 Å². The van der Waals surface area contributed by atoms with Crippen LogP contribution >= 0.6 is 11.3 Å². The van der Waals surface area contributed by atoms with Crippen LogP contribution in [0.25, 0.3) is 0 Å². The van der Waals surface area contributed by atoms with Crippen LogP contribution in [0.5, 0.6) is 0 Å². The summed E-state index contributed by atoms with van der Waals surface area (Å²) in [5.74, 6) is 1.15. The lowest BCUT2D eigenvalue weighted by atomic mass is 10.1. The first-order valence-corrected chi connectivity index (χ1v) is 8.02. The number of nitrogens with one attached hydrogen (secondary N) is 1. The van der Waals surface area contributed by atoms with Crippen molar-refractivity contribution in [1.82, 2.24) is 25.0 Å². The average molecular weight is 305 g/mol. The van der Waals surface area contributed by atoms with Gasteiger partial charge in [0.25, 0.3) is 0 Å². The molecule has 0 aliphatic carbocycles. The molecule has 7 heteroatoms. The number of likely N-dealkylation sites (N-methyl/N-ethyl adjacent to an activating group) is 1. The zero-order valence-corrected chi connectivity index (χ0v) is 12.8. The number of nitrogens with zero attached hydrogens (tertiary/aromatic N) is 4. The molecule has 1 amide bonds. The molecule has 0 spiro atoms. The standard InChI is InChI=1S/C14H19N5OS/c1-18(7-11-4-5-21-9-11)14(20)6-15-12-2-3-13-16-10-17-19(13)8-12/h4-5,9-10,12,15H,2-3,6-8H2,1H3/t12-/m0/s1. The number of rotatable bonds is 5. The number of aromatic nitrogens is 3. The van der Waals surface area contributed by atoms with Crippen molar-refractivity contribution in [2.45, 2.75) is 32.0 Å². The summed E-state index contributed by atoms with van der Waals surface area (Å²) in [5, 5.41) is 11.6. The lowest BCUT2D eigenvalue weighted by Gasteiger charge is -2.24. The van der Waals surface area contributed by atoms with Gasteiger partial charge >= 0.3 is 0 Å². The molecule has 112 valence electrons. The zero-order valence-electron chi connectivity index (χ0n) is 12.0. The Balaban J connectivity index is 1.46. The van der Waals surface area contributed by atoms with Gasteiger partial charge in [0.15, 0.2) is 0 Å². The number of carbonyl (C=O) groups is 1. The molecule has 2 aromatic rings. The maximum atomic E-state index is 12.1. The van der Waals surface area contributed by atoms with Crippen molar-refractivity contribution in [1.29, 1.82) is 0 Å². The number of fused-ring (bicyclic) bond motifs is 1. The fraction of sp³-hybridized carbons (Fsp3) is 0.500. The smallest absolute Gasteiger partial charge is 0.236 e. The van der Waals surface area contributed by atoms with Crippen molar-refractivity contribution in [3.63, 3.8) is 0 Å². The van der Waals surface area contributed by atoms with Crippen LogP contribution in [0.1, 0.15) is 17.8 Å². The van der Waals surface area contributed by atoms with Crippen LogP contribution in [0.4, 0.5) is 0 Å². The SMILES string of the molecule is CN(Cc1ccsc1)C(=O)CN[C@H]1CCc2ncnn2C1. The van der Waals surface area contributed by atoms with E-state index >= 15 is 0 Å². The second-order valence-corrected chi connectivity index (χ2v) is 6.14. The normalized spacial score (nSPS) is 17.5. The zero-order chi connectivity index (χ0) is 14.7. The van der Waals surface area contributed by atoms with Gasteiger partial charge < -0.3 is 10.2 Å². The minimum Gasteiger partial charge on any atom is -0.340 e. The molecule has 0 saturated heterocycles. The maximum Gasteiger partial charge on any atom is 0.236 e. The molecule has 1 aliphatic heterocycles. The summed E-state index contributed by atoms with van der Waals surface area (Å²) in [4.78, 5) is 18.1. The molecule has 2 aromatic heterocycles. The van der Waals surface area contributed by atoms with Gasteiger partial charge in [-0.05, 0) is 28.8 Å². The van der Waals surface area contributed by atoms with Crippen LogP contribution in [0, 0.1) is 0 Å². The summed E-state index contributed by atoms with van der Waals surface area (Å²) >= 11 is 1.65. The Morgan fingerprint density at radius 3 is 3.33 bits per heavy atom. The molecule has 21 heavy (non-hydrogen) atoms. The topological polar surface area (TPSA) is 63.1 Å². The molecular formula is C14H19N5OS. The van der Waals surface area contributed by atoms with Crippen molar-refractivity contribution in [3.05, 3.63) is 34.5 Å². The maximum absolute atomic E-state index is 12.1. The monoisotopic (exact) mass is 305 g/mol. The molecule has 0 fully saturated rings. The summed E-state index contributed by atoms with van der Waals surface area (Å²) in [6, 6.07) is 2.34. The van der Waals surface area contributed by atoms with Crippen molar-refractivity contribution in [2.75, 3.05) is 13.6 Å². The van der Waals surface area contributed by atoms with Crippen molar-refractivity contribution < 1.29 is 4.79 Å². The van der Waals surface area contributed by atoms with Crippen molar-refractivity contribution >= 4 is 17.2 Å². The molecule has 1 atom stereocenters. The predicted molar refractivity (Wildman–Crippen MR) is 80.9 cm³/mol. The Hall–Kier alpha value is -1.73. The lowest BCUT2D eigenvalue weighted by molar-refractivity contribution is -0.129. The lowest BCUT2D eigenvalue weighted by Crippen LogP contribution is -2.43. The van der Waals surface area contributed by atoms with Crippen LogP contribution < -0.4 is 5.32 Å². The molecule has 0 saturated carbocycles. The fourth-order valence-corrected chi connectivity index (χ4v) is 3.18. The van der Waals surface area contributed by atoms with E-state index in [0.717, 1.165) is 25.2 Å². The van der Waals surface area contributed by atoms with Crippen LogP contribution in [-0.4, -0.2) is 45.2 Å². The quantitative estimate of drug-likeness (QED) is 0.891. The van der Waals surface area contributed by atoms with Gasteiger partial charge in [-0.3, -0.25) is 4.79 Å². The van der Waals surface area contributed by atoms with Gasteiger partial charge in [-0.15, -0.1) is 0 Å². The highest BCUT2D eigenvalue weighted by Crippen LogP contribution is 2.11. The van der Waals surface area contributed by atoms with Gasteiger partial charge in [-0.1, -0.05) is 0 Å². The molecule has 1 aliphatic rings. The minimum absolute atomic E-state index is 0.116. The second kappa shape index (κ2) is 6.36. The van der Waals surface area contributed by atoms with E-state index in [1.54, 1.807) is 22.6 Å². The third kappa shape index (κ3) is 3.48. The van der Waals surface area contributed by atoms with Gasteiger partial charge in [-0.2, -0.15) is 16.4 Å². The number of carbonyl (C=O) groups excluding carboxylic acids is 1. The summed E-state index contributed by atoms with van der Waals surface area (Å²) in [7, 11) is 1.85. The molecule has 3 heterocycles. The highest BCUT2D eigenvalue weighted by atomic mass is 32.1. The second-order valence-electron chi connectivity index (χ2n) is 5.36. The van der Waals surface area contributed by atoms with Gasteiger partial charge in [0, 0.05) is 26.1 Å². The number of amides is 1. The Morgan fingerprint density at radius 1 is 1.62 bits per heavy atom. The Morgan fingerprint density at radius 2 is 2.52 bits per heavy atom. The van der Waals surface area contributed by atoms with Gasteiger partial charge in [-0.25, -0.2) is 9.67 Å². The van der Waals surface area contributed by atoms with E-state index in [2.05, 4.69) is 26.8 Å². The number of aryl methyl sites for hydroxylation is 1. The number of thiophene rings is 1. The van der Waals surface area contributed by atoms with E-state index in [9.17, 15) is 4.79 Å². The molecule has 0 unspecified atom stereocenters. The summed E-state index contributed by atoms with van der Waals surface area (Å²) in [5.41, 5.74) is 1.18. The van der Waals surface area contributed by atoms with E-state index in [1.165, 1.54) is 5.56 Å². The van der Waals surface area contributed by atoms with Crippen LogP contribution in [-0.2, 0) is 24.3 Å². The third-order valence-electron chi connectivity index (χ3n) is 3.77. The molecular weight excluding hydrogens is 286 g/mol. The van der Waals surface area contributed by atoms with Gasteiger partial charge in [0.1, 0.15) is 12.2 Å². The minimum atomic E-state index is 0.116. The van der Waals surface area contributed by atoms with E-state index in [-0.39, 0.29) is 11.9 Å². The van der Waals surface area contributed by atoms with E-state index in [1.807, 2.05) is 17.1 Å². The summed E-state index contributed by atoms with van der Waals surface area (Å²) in [6.45, 7) is 1.83. The van der Waals surface area contributed by atoms with Gasteiger partial charge in [0.2, 0.25) is 5.91 Å². The Kier molecular flexibility index (Phi) is 4.31. The van der Waals surface area contributed by atoms with Crippen molar-refractivity contribution in [3.8, 4) is 0 Å². The summed E-state index contributed by atoms with van der Waals surface area (Å²) in [6.07, 6.45) is 3.51. The van der Waals surface area contributed by atoms with E-state index in [0.29, 0.717) is 13.1 Å². The largest absolute Gasteiger partial charge is 0.340 e. The van der Waals surface area contributed by atoms with Crippen LogP contribution in [0.2, 0.25) is 0 Å². The van der Waals surface area contributed by atoms with Crippen LogP contribution in [0.15, 0.2) is 23.2 Å². The molecule has 0 aromatic carbocycles. The predicted octanol–water partition coefficient (Wildman–Crippen LogP) is 0.903. The third-order valence-corrected chi connectivity index (χ3v) is 4.51. The molecule has 3 rings (SSSR count). The molecule has 0 bridgehead atoms. The Labute approximate surface area is 127 Å². The first-order valence-electron chi connectivity index (χ1n) is 7.07. The molecule has 0 radical (unpaired) electrons. The molecule has 6 nitrogen and oxygen atoms in total. The fourth-order valence-electron chi connectivity index (χ4n) is 2.52.